The van der Waals surface area contributed by atoms with E-state index in [9.17, 15) is 0 Å². The summed E-state index contributed by atoms with van der Waals surface area (Å²) in [4.78, 5) is 0. The Morgan fingerprint density at radius 2 is 0.583 bits per heavy atom. The van der Waals surface area contributed by atoms with Gasteiger partial charge in [0, 0.05) is 5.75 Å². The van der Waals surface area contributed by atoms with Crippen LogP contribution in [0, 0.1) is 5.41 Å². The van der Waals surface area contributed by atoms with Crippen molar-refractivity contribution < 1.29 is 0 Å². The van der Waals surface area contributed by atoms with Gasteiger partial charge in [0.2, 0.25) is 0 Å². The van der Waals surface area contributed by atoms with Gasteiger partial charge in [0.05, 0.1) is 0 Å². The lowest BCUT2D eigenvalue weighted by Gasteiger charge is -2.04. The SMILES string of the molecule is CCCCCCCCCCCCCCCCCCCCCCCCCCCCCCCCSC(=N)N. The molecule has 0 aromatic heterocycles. The summed E-state index contributed by atoms with van der Waals surface area (Å²) in [7, 11) is 0. The first-order chi connectivity index (χ1) is 17.8. The second kappa shape index (κ2) is 32.8. The Hall–Kier alpha value is -0.180. The summed E-state index contributed by atoms with van der Waals surface area (Å²) in [6.45, 7) is 2.30. The molecule has 216 valence electrons. The molecule has 3 heteroatoms. The Bertz CT molecular complexity index is 412. The first-order valence-electron chi connectivity index (χ1n) is 16.7. The fraction of sp³-hybridized carbons (Fsp3) is 0.970. The zero-order chi connectivity index (χ0) is 26.2. The fourth-order valence-electron chi connectivity index (χ4n) is 5.31. The van der Waals surface area contributed by atoms with Crippen LogP contribution in [0.1, 0.15) is 200 Å². The van der Waals surface area contributed by atoms with Gasteiger partial charge in [-0.15, -0.1) is 0 Å². The Morgan fingerprint density at radius 1 is 0.389 bits per heavy atom. The maximum Gasteiger partial charge on any atom is 0.151 e. The van der Waals surface area contributed by atoms with Gasteiger partial charge in [-0.2, -0.15) is 0 Å². The lowest BCUT2D eigenvalue weighted by Crippen LogP contribution is -2.04. The average Bonchev–Trinajstić information content (AvgIpc) is 2.87. The van der Waals surface area contributed by atoms with Gasteiger partial charge in [-0.25, -0.2) is 0 Å². The quantitative estimate of drug-likeness (QED) is 0.0538. The first-order valence-corrected chi connectivity index (χ1v) is 17.7. The topological polar surface area (TPSA) is 49.9 Å². The zero-order valence-electron chi connectivity index (χ0n) is 24.9. The van der Waals surface area contributed by atoms with Crippen LogP contribution >= 0.6 is 11.8 Å². The van der Waals surface area contributed by atoms with Crippen LogP contribution in [0.2, 0.25) is 0 Å². The van der Waals surface area contributed by atoms with E-state index in [1.807, 2.05) is 0 Å². The van der Waals surface area contributed by atoms with Gasteiger partial charge in [0.1, 0.15) is 0 Å². The van der Waals surface area contributed by atoms with Gasteiger partial charge in [-0.05, 0) is 6.42 Å². The smallest absolute Gasteiger partial charge is 0.151 e. The molecule has 0 aromatic carbocycles. The highest BCUT2D eigenvalue weighted by Gasteiger charge is 1.97. The maximum atomic E-state index is 7.19. The monoisotopic (exact) mass is 525 g/mol. The molecule has 0 bridgehead atoms. The van der Waals surface area contributed by atoms with Crippen molar-refractivity contribution in [2.24, 2.45) is 5.73 Å². The van der Waals surface area contributed by atoms with E-state index in [1.54, 1.807) is 0 Å². The average molecular weight is 525 g/mol. The summed E-state index contributed by atoms with van der Waals surface area (Å²) in [5.74, 6) is 1.02. The number of nitrogens with one attached hydrogen (secondary N) is 1. The van der Waals surface area contributed by atoms with Crippen LogP contribution in [-0.4, -0.2) is 10.9 Å². The van der Waals surface area contributed by atoms with E-state index >= 15 is 0 Å². The summed E-state index contributed by atoms with van der Waals surface area (Å²) in [6.07, 6.45) is 43.4. The molecule has 0 aliphatic carbocycles. The fourth-order valence-corrected chi connectivity index (χ4v) is 5.88. The molecule has 0 atom stereocenters. The summed E-state index contributed by atoms with van der Waals surface area (Å²) in [5.41, 5.74) is 5.35. The highest BCUT2D eigenvalue weighted by molar-refractivity contribution is 8.13. The van der Waals surface area contributed by atoms with Crippen LogP contribution < -0.4 is 5.73 Å². The molecule has 36 heavy (non-hydrogen) atoms. The van der Waals surface area contributed by atoms with Crippen LogP contribution in [0.25, 0.3) is 0 Å². The molecule has 0 fully saturated rings. The van der Waals surface area contributed by atoms with E-state index in [-0.39, 0.29) is 5.17 Å². The molecular weight excluding hydrogens is 456 g/mol. The number of unbranched alkanes of at least 4 members (excludes halogenated alkanes) is 29. The number of amidine groups is 1. The Morgan fingerprint density at radius 3 is 0.778 bits per heavy atom. The van der Waals surface area contributed by atoms with Crippen molar-refractivity contribution in [2.75, 3.05) is 5.75 Å². The Balaban J connectivity index is 3.02. The molecule has 0 aromatic rings. The Labute approximate surface area is 233 Å². The molecule has 0 radical (unpaired) electrons. The zero-order valence-corrected chi connectivity index (χ0v) is 25.7. The van der Waals surface area contributed by atoms with E-state index in [4.69, 9.17) is 11.1 Å². The minimum atomic E-state index is 0.269. The molecule has 0 rings (SSSR count). The standard InChI is InChI=1S/C33H68N2S/c1-2-3-4-5-6-7-8-9-10-11-12-13-14-15-16-17-18-19-20-21-22-23-24-25-26-27-28-29-30-31-32-36-33(34)35/h2-32H2,1H3,(H3,34,35). The van der Waals surface area contributed by atoms with E-state index in [0.717, 1.165) is 5.75 Å². The third-order valence-corrected chi connectivity index (χ3v) is 8.56. The molecular formula is C33H68N2S. The van der Waals surface area contributed by atoms with Crippen LogP contribution in [0.4, 0.5) is 0 Å². The first kappa shape index (κ1) is 35.8. The van der Waals surface area contributed by atoms with Crippen molar-refractivity contribution in [3.8, 4) is 0 Å². The summed E-state index contributed by atoms with van der Waals surface area (Å²) in [5, 5.41) is 7.46. The van der Waals surface area contributed by atoms with E-state index in [1.165, 1.54) is 204 Å². The second-order valence-electron chi connectivity index (χ2n) is 11.5. The number of thioether (sulfide) groups is 1. The molecule has 0 heterocycles. The van der Waals surface area contributed by atoms with Gasteiger partial charge in [0.15, 0.2) is 5.17 Å². The summed E-state index contributed by atoms with van der Waals surface area (Å²) < 4.78 is 0. The number of nitrogens with two attached hydrogens (primary N) is 1. The molecule has 2 nitrogen and oxygen atoms in total. The minimum absolute atomic E-state index is 0.269. The van der Waals surface area contributed by atoms with Crippen LogP contribution in [0.15, 0.2) is 0 Å². The molecule has 0 amide bonds. The molecule has 0 aliphatic rings. The molecule has 0 unspecified atom stereocenters. The van der Waals surface area contributed by atoms with Gasteiger partial charge >= 0.3 is 0 Å². The maximum absolute atomic E-state index is 7.19. The summed E-state index contributed by atoms with van der Waals surface area (Å²) in [6, 6.07) is 0. The highest BCUT2D eigenvalue weighted by atomic mass is 32.2. The molecule has 0 saturated carbocycles. The Kier molecular flexibility index (Phi) is 32.7. The predicted molar refractivity (Wildman–Crippen MR) is 169 cm³/mol. The van der Waals surface area contributed by atoms with Crippen molar-refractivity contribution in [2.45, 2.75) is 200 Å². The second-order valence-corrected chi connectivity index (χ2v) is 12.6. The van der Waals surface area contributed by atoms with E-state index in [2.05, 4.69) is 6.92 Å². The molecule has 0 spiro atoms. The van der Waals surface area contributed by atoms with Gasteiger partial charge in [-0.1, -0.05) is 205 Å². The van der Waals surface area contributed by atoms with Crippen LogP contribution in [0.5, 0.6) is 0 Å². The lowest BCUT2D eigenvalue weighted by atomic mass is 10.0. The minimum Gasteiger partial charge on any atom is -0.379 e. The third-order valence-electron chi connectivity index (χ3n) is 7.76. The lowest BCUT2D eigenvalue weighted by molar-refractivity contribution is 0.513. The van der Waals surface area contributed by atoms with Crippen molar-refractivity contribution in [3.05, 3.63) is 0 Å². The van der Waals surface area contributed by atoms with E-state index in [0.29, 0.717) is 0 Å². The van der Waals surface area contributed by atoms with E-state index < -0.39 is 0 Å². The highest BCUT2D eigenvalue weighted by Crippen LogP contribution is 2.16. The van der Waals surface area contributed by atoms with Crippen LogP contribution in [0.3, 0.4) is 0 Å². The number of hydrogen-bond donors (Lipinski definition) is 2. The normalized spacial score (nSPS) is 11.4. The number of rotatable bonds is 31. The van der Waals surface area contributed by atoms with Crippen LogP contribution in [-0.2, 0) is 0 Å². The van der Waals surface area contributed by atoms with Gasteiger partial charge in [0.25, 0.3) is 0 Å². The molecule has 0 aliphatic heterocycles. The van der Waals surface area contributed by atoms with Crippen molar-refractivity contribution >= 4 is 16.9 Å². The largest absolute Gasteiger partial charge is 0.379 e. The van der Waals surface area contributed by atoms with Crippen molar-refractivity contribution in [1.82, 2.24) is 0 Å². The predicted octanol–water partition coefficient (Wildman–Crippen LogP) is 12.3. The van der Waals surface area contributed by atoms with Gasteiger partial charge < -0.3 is 5.73 Å². The third kappa shape index (κ3) is 33.8. The molecule has 3 N–H and O–H groups in total. The number of hydrogen-bond acceptors (Lipinski definition) is 2. The van der Waals surface area contributed by atoms with Crippen molar-refractivity contribution in [1.29, 1.82) is 5.41 Å². The van der Waals surface area contributed by atoms with Gasteiger partial charge in [-0.3, -0.25) is 5.41 Å². The molecule has 0 saturated heterocycles. The summed E-state index contributed by atoms with van der Waals surface area (Å²) >= 11 is 1.49. The van der Waals surface area contributed by atoms with Crippen molar-refractivity contribution in [3.63, 3.8) is 0 Å².